The monoisotopic (exact) mass is 408 g/mol. The van der Waals surface area contributed by atoms with E-state index >= 15 is 0 Å². The number of hydrogen-bond acceptors (Lipinski definition) is 3. The third kappa shape index (κ3) is 6.11. The number of hydrogen-bond donors (Lipinski definition) is 2. The van der Waals surface area contributed by atoms with Crippen LogP contribution >= 0.6 is 12.4 Å². The molecule has 0 radical (unpaired) electrons. The van der Waals surface area contributed by atoms with Gasteiger partial charge in [-0.05, 0) is 62.4 Å². The highest BCUT2D eigenvalue weighted by molar-refractivity contribution is 5.89. The number of nitrogens with one attached hydrogen (secondary N) is 2. The topological polar surface area (TPSA) is 64.7 Å². The molecule has 0 spiro atoms. The second kappa shape index (κ2) is 10.7. The molecule has 3 amide bonds. The van der Waals surface area contributed by atoms with Crippen LogP contribution in [0.5, 0.6) is 0 Å². The van der Waals surface area contributed by atoms with Crippen molar-refractivity contribution in [2.24, 2.45) is 11.8 Å². The summed E-state index contributed by atoms with van der Waals surface area (Å²) in [6.07, 6.45) is 3.04. The van der Waals surface area contributed by atoms with Gasteiger partial charge in [0.05, 0.1) is 0 Å². The summed E-state index contributed by atoms with van der Waals surface area (Å²) >= 11 is 0. The van der Waals surface area contributed by atoms with Gasteiger partial charge in [-0.2, -0.15) is 0 Å². The zero-order valence-electron chi connectivity index (χ0n) is 16.9. The quantitative estimate of drug-likeness (QED) is 0.804. The van der Waals surface area contributed by atoms with Crippen molar-refractivity contribution in [1.29, 1.82) is 0 Å². The van der Waals surface area contributed by atoms with Crippen LogP contribution in [0.3, 0.4) is 0 Å². The highest BCUT2D eigenvalue weighted by Crippen LogP contribution is 2.23. The molecule has 0 aliphatic carbocycles. The van der Waals surface area contributed by atoms with Gasteiger partial charge in [-0.3, -0.25) is 4.79 Å². The van der Waals surface area contributed by atoms with Gasteiger partial charge < -0.3 is 20.4 Å². The normalized spacial score (nSPS) is 20.9. The van der Waals surface area contributed by atoms with Crippen molar-refractivity contribution < 1.29 is 9.59 Å². The number of carbonyl (C=O) groups excluding carboxylic acids is 2. The molecular formula is C21H33ClN4O2. The van der Waals surface area contributed by atoms with Crippen LogP contribution in [0.2, 0.25) is 0 Å². The van der Waals surface area contributed by atoms with Crippen molar-refractivity contribution in [3.63, 3.8) is 0 Å². The number of piperazine rings is 1. The van der Waals surface area contributed by atoms with Gasteiger partial charge in [0.15, 0.2) is 0 Å². The molecule has 0 aromatic heterocycles. The zero-order chi connectivity index (χ0) is 19.2. The fourth-order valence-corrected chi connectivity index (χ4v) is 4.02. The predicted molar refractivity (Wildman–Crippen MR) is 115 cm³/mol. The van der Waals surface area contributed by atoms with Crippen molar-refractivity contribution in [2.45, 2.75) is 33.1 Å². The van der Waals surface area contributed by atoms with Gasteiger partial charge in [0, 0.05) is 38.3 Å². The number of carbonyl (C=O) groups is 2. The van der Waals surface area contributed by atoms with E-state index in [1.807, 2.05) is 36.1 Å². The fourth-order valence-electron chi connectivity index (χ4n) is 4.02. The van der Waals surface area contributed by atoms with Crippen molar-refractivity contribution >= 4 is 30.0 Å². The largest absolute Gasteiger partial charge is 0.339 e. The lowest BCUT2D eigenvalue weighted by molar-refractivity contribution is -0.133. The van der Waals surface area contributed by atoms with Gasteiger partial charge in [-0.25, -0.2) is 4.79 Å². The Balaban J connectivity index is 0.00000280. The molecule has 3 rings (SSSR count). The van der Waals surface area contributed by atoms with Crippen LogP contribution in [0.1, 0.15) is 31.7 Å². The standard InChI is InChI=1S/C21H32N4O2.ClH/c1-16-5-3-7-19(13-16)23-21(27)25-11-9-24(10-12-25)20(26)14-17(2)18-6-4-8-22-15-18;/h3,5,7,13,17-18,22H,4,6,8-12,14-15H2,1-2H3,(H,23,27);1H. The van der Waals surface area contributed by atoms with Gasteiger partial charge >= 0.3 is 6.03 Å². The van der Waals surface area contributed by atoms with Gasteiger partial charge in [0.2, 0.25) is 5.91 Å². The maximum atomic E-state index is 12.6. The highest BCUT2D eigenvalue weighted by Gasteiger charge is 2.27. The molecule has 6 nitrogen and oxygen atoms in total. The van der Waals surface area contributed by atoms with Gasteiger partial charge in [0.1, 0.15) is 0 Å². The Bertz CT molecular complexity index is 656. The summed E-state index contributed by atoms with van der Waals surface area (Å²) in [4.78, 5) is 28.8. The first-order valence-electron chi connectivity index (χ1n) is 10.1. The Labute approximate surface area is 174 Å². The molecule has 2 fully saturated rings. The molecule has 7 heteroatoms. The lowest BCUT2D eigenvalue weighted by Crippen LogP contribution is -2.52. The molecular weight excluding hydrogens is 376 g/mol. The van der Waals surface area contributed by atoms with Crippen LogP contribution in [-0.4, -0.2) is 61.0 Å². The van der Waals surface area contributed by atoms with Crippen LogP contribution < -0.4 is 10.6 Å². The van der Waals surface area contributed by atoms with E-state index in [0.717, 1.165) is 24.3 Å². The van der Waals surface area contributed by atoms with Crippen LogP contribution in [0.4, 0.5) is 10.5 Å². The molecule has 2 aliphatic rings. The summed E-state index contributed by atoms with van der Waals surface area (Å²) < 4.78 is 0. The average Bonchev–Trinajstić information content (AvgIpc) is 2.68. The lowest BCUT2D eigenvalue weighted by Gasteiger charge is -2.36. The maximum absolute atomic E-state index is 12.6. The van der Waals surface area contributed by atoms with Crippen molar-refractivity contribution in [3.05, 3.63) is 29.8 Å². The first kappa shape index (κ1) is 22.5. The number of aryl methyl sites for hydroxylation is 1. The number of amides is 3. The minimum atomic E-state index is -0.0886. The van der Waals surface area contributed by atoms with E-state index in [0.29, 0.717) is 44.4 Å². The predicted octanol–water partition coefficient (Wildman–Crippen LogP) is 3.12. The molecule has 1 aromatic rings. The van der Waals surface area contributed by atoms with Crippen LogP contribution in [-0.2, 0) is 4.79 Å². The minimum Gasteiger partial charge on any atom is -0.339 e. The van der Waals surface area contributed by atoms with E-state index in [-0.39, 0.29) is 24.3 Å². The Morgan fingerprint density at radius 1 is 1.21 bits per heavy atom. The lowest BCUT2D eigenvalue weighted by atomic mass is 9.85. The van der Waals surface area contributed by atoms with E-state index < -0.39 is 0 Å². The SMILES string of the molecule is Cc1cccc(NC(=O)N2CCN(C(=O)CC(C)C3CCCNC3)CC2)c1.Cl. The van der Waals surface area contributed by atoms with Gasteiger partial charge in [-0.15, -0.1) is 12.4 Å². The highest BCUT2D eigenvalue weighted by atomic mass is 35.5. The Morgan fingerprint density at radius 2 is 1.93 bits per heavy atom. The van der Waals surface area contributed by atoms with E-state index in [2.05, 4.69) is 17.6 Å². The summed E-state index contributed by atoms with van der Waals surface area (Å²) in [5.41, 5.74) is 1.93. The van der Waals surface area contributed by atoms with Crippen LogP contribution in [0.15, 0.2) is 24.3 Å². The molecule has 2 N–H and O–H groups in total. The van der Waals surface area contributed by atoms with E-state index in [1.165, 1.54) is 12.8 Å². The summed E-state index contributed by atoms with van der Waals surface area (Å²) in [6, 6.07) is 7.70. The maximum Gasteiger partial charge on any atom is 0.321 e. The van der Waals surface area contributed by atoms with Crippen molar-refractivity contribution in [3.8, 4) is 0 Å². The number of rotatable bonds is 4. The zero-order valence-corrected chi connectivity index (χ0v) is 17.8. The van der Waals surface area contributed by atoms with Crippen LogP contribution in [0.25, 0.3) is 0 Å². The summed E-state index contributed by atoms with van der Waals surface area (Å²) in [5, 5.41) is 6.38. The summed E-state index contributed by atoms with van der Waals surface area (Å²) in [7, 11) is 0. The van der Waals surface area contributed by atoms with E-state index in [1.54, 1.807) is 4.90 Å². The number of urea groups is 1. The van der Waals surface area contributed by atoms with Gasteiger partial charge in [0.25, 0.3) is 0 Å². The first-order chi connectivity index (χ1) is 13.0. The number of halogens is 1. The molecule has 2 saturated heterocycles. The van der Waals surface area contributed by atoms with Crippen LogP contribution in [0, 0.1) is 18.8 Å². The average molecular weight is 409 g/mol. The number of anilines is 1. The molecule has 0 bridgehead atoms. The molecule has 1 aromatic carbocycles. The molecule has 28 heavy (non-hydrogen) atoms. The first-order valence-corrected chi connectivity index (χ1v) is 10.1. The third-order valence-electron chi connectivity index (χ3n) is 5.83. The van der Waals surface area contributed by atoms with E-state index in [9.17, 15) is 9.59 Å². The number of nitrogens with zero attached hydrogens (tertiary/aromatic N) is 2. The second-order valence-corrected chi connectivity index (χ2v) is 7.96. The smallest absolute Gasteiger partial charge is 0.321 e. The summed E-state index contributed by atoms with van der Waals surface area (Å²) in [5.74, 6) is 1.24. The number of piperidine rings is 1. The molecule has 2 aliphatic heterocycles. The minimum absolute atomic E-state index is 0. The summed E-state index contributed by atoms with van der Waals surface area (Å²) in [6.45, 7) is 8.74. The fraction of sp³-hybridized carbons (Fsp3) is 0.619. The van der Waals surface area contributed by atoms with E-state index in [4.69, 9.17) is 0 Å². The second-order valence-electron chi connectivity index (χ2n) is 7.96. The Hall–Kier alpha value is -1.79. The Morgan fingerprint density at radius 3 is 2.57 bits per heavy atom. The Kier molecular flexibility index (Phi) is 8.58. The van der Waals surface area contributed by atoms with Gasteiger partial charge in [-0.1, -0.05) is 19.1 Å². The molecule has 2 unspecified atom stereocenters. The van der Waals surface area contributed by atoms with Crippen molar-refractivity contribution in [2.75, 3.05) is 44.6 Å². The molecule has 156 valence electrons. The third-order valence-corrected chi connectivity index (χ3v) is 5.83. The molecule has 2 atom stereocenters. The van der Waals surface area contributed by atoms with Crippen molar-refractivity contribution in [1.82, 2.24) is 15.1 Å². The number of benzene rings is 1. The molecule has 2 heterocycles. The molecule has 0 saturated carbocycles.